The van der Waals surface area contributed by atoms with Crippen LogP contribution >= 0.6 is 0 Å². The molecule has 1 fully saturated rings. The zero-order chi connectivity index (χ0) is 9.10. The molecule has 0 aromatic carbocycles. The molecule has 0 amide bonds. The Morgan fingerprint density at radius 3 is 3.08 bits per heavy atom. The number of nitrogens with one attached hydrogen (secondary N) is 1. The number of rotatable bonds is 1. The Kier molecular flexibility index (Phi) is 2.57. The molecule has 3 heteroatoms. The molecule has 3 nitrogen and oxygen atoms in total. The third-order valence-electron chi connectivity index (χ3n) is 2.23. The van der Waals surface area contributed by atoms with Gasteiger partial charge in [-0.15, -0.1) is 0 Å². The standard InChI is InChI=1S/C10H14N2O/c1-8-2-3-9(6-12-8)10-7-11-4-5-13-10/h2-3,6,10-11H,4-5,7H2,1H3. The van der Waals surface area contributed by atoms with Crippen molar-refractivity contribution in [1.29, 1.82) is 0 Å². The number of hydrogen-bond donors (Lipinski definition) is 1. The summed E-state index contributed by atoms with van der Waals surface area (Å²) >= 11 is 0. The van der Waals surface area contributed by atoms with Gasteiger partial charge in [0, 0.05) is 30.5 Å². The molecule has 13 heavy (non-hydrogen) atoms. The van der Waals surface area contributed by atoms with Gasteiger partial charge in [0.25, 0.3) is 0 Å². The zero-order valence-corrected chi connectivity index (χ0v) is 7.79. The fraction of sp³-hybridized carbons (Fsp3) is 0.500. The highest BCUT2D eigenvalue weighted by molar-refractivity contribution is 5.16. The average Bonchev–Trinajstić information content (AvgIpc) is 2.20. The van der Waals surface area contributed by atoms with Crippen LogP contribution in [-0.4, -0.2) is 24.7 Å². The first kappa shape index (κ1) is 8.66. The van der Waals surface area contributed by atoms with E-state index < -0.39 is 0 Å². The van der Waals surface area contributed by atoms with E-state index in [0.717, 1.165) is 31.0 Å². The van der Waals surface area contributed by atoms with Crippen LogP contribution in [0.5, 0.6) is 0 Å². The van der Waals surface area contributed by atoms with Gasteiger partial charge in [-0.3, -0.25) is 4.98 Å². The minimum atomic E-state index is 0.182. The van der Waals surface area contributed by atoms with Gasteiger partial charge in [-0.1, -0.05) is 6.07 Å². The number of nitrogens with zero attached hydrogens (tertiary/aromatic N) is 1. The lowest BCUT2D eigenvalue weighted by atomic mass is 10.1. The van der Waals surface area contributed by atoms with Crippen LogP contribution in [-0.2, 0) is 4.74 Å². The molecule has 0 spiro atoms. The number of hydrogen-bond acceptors (Lipinski definition) is 3. The monoisotopic (exact) mass is 178 g/mol. The molecule has 0 radical (unpaired) electrons. The maximum atomic E-state index is 5.60. The lowest BCUT2D eigenvalue weighted by molar-refractivity contribution is 0.0275. The number of pyridine rings is 1. The van der Waals surface area contributed by atoms with E-state index in [1.54, 1.807) is 0 Å². The summed E-state index contributed by atoms with van der Waals surface area (Å²) < 4.78 is 5.60. The predicted molar refractivity (Wildman–Crippen MR) is 50.5 cm³/mol. The second-order valence-electron chi connectivity index (χ2n) is 3.30. The molecular weight excluding hydrogens is 164 g/mol. The Morgan fingerprint density at radius 1 is 1.54 bits per heavy atom. The van der Waals surface area contributed by atoms with E-state index in [-0.39, 0.29) is 6.10 Å². The molecule has 2 heterocycles. The van der Waals surface area contributed by atoms with Crippen LogP contribution in [0.4, 0.5) is 0 Å². The number of aryl methyl sites for hydroxylation is 1. The Balaban J connectivity index is 2.10. The molecule has 1 aromatic heterocycles. The fourth-order valence-electron chi connectivity index (χ4n) is 1.45. The van der Waals surface area contributed by atoms with Crippen molar-refractivity contribution in [1.82, 2.24) is 10.3 Å². The van der Waals surface area contributed by atoms with E-state index in [0.29, 0.717) is 0 Å². The van der Waals surface area contributed by atoms with Gasteiger partial charge in [-0.25, -0.2) is 0 Å². The summed E-state index contributed by atoms with van der Waals surface area (Å²) in [6, 6.07) is 4.10. The maximum absolute atomic E-state index is 5.60. The molecule has 1 aliphatic heterocycles. The summed E-state index contributed by atoms with van der Waals surface area (Å²) in [5.74, 6) is 0. The molecule has 1 atom stereocenters. The van der Waals surface area contributed by atoms with Crippen molar-refractivity contribution in [2.75, 3.05) is 19.7 Å². The minimum absolute atomic E-state index is 0.182. The molecule has 0 saturated carbocycles. The van der Waals surface area contributed by atoms with Crippen molar-refractivity contribution >= 4 is 0 Å². The number of aromatic nitrogens is 1. The van der Waals surface area contributed by atoms with E-state index in [4.69, 9.17) is 4.74 Å². The molecule has 1 aliphatic rings. The molecule has 70 valence electrons. The highest BCUT2D eigenvalue weighted by atomic mass is 16.5. The largest absolute Gasteiger partial charge is 0.371 e. The van der Waals surface area contributed by atoms with E-state index in [1.165, 1.54) is 0 Å². The smallest absolute Gasteiger partial charge is 0.0964 e. The molecule has 0 aliphatic carbocycles. The Labute approximate surface area is 78.1 Å². The van der Waals surface area contributed by atoms with Crippen LogP contribution in [0.2, 0.25) is 0 Å². The van der Waals surface area contributed by atoms with Crippen molar-refractivity contribution in [3.8, 4) is 0 Å². The van der Waals surface area contributed by atoms with Gasteiger partial charge >= 0.3 is 0 Å². The highest BCUT2D eigenvalue weighted by Gasteiger charge is 2.15. The molecular formula is C10H14N2O. The lowest BCUT2D eigenvalue weighted by Crippen LogP contribution is -2.33. The second kappa shape index (κ2) is 3.85. The number of ether oxygens (including phenoxy) is 1. The van der Waals surface area contributed by atoms with Crippen molar-refractivity contribution in [3.05, 3.63) is 29.6 Å². The first-order valence-electron chi connectivity index (χ1n) is 4.61. The Bertz CT molecular complexity index is 265. The minimum Gasteiger partial charge on any atom is -0.371 e. The molecule has 0 bridgehead atoms. The van der Waals surface area contributed by atoms with Gasteiger partial charge in [-0.2, -0.15) is 0 Å². The van der Waals surface area contributed by atoms with Gasteiger partial charge < -0.3 is 10.1 Å². The third-order valence-corrected chi connectivity index (χ3v) is 2.23. The molecule has 2 rings (SSSR count). The van der Waals surface area contributed by atoms with Crippen LogP contribution in [0.1, 0.15) is 17.4 Å². The number of morpholine rings is 1. The van der Waals surface area contributed by atoms with Crippen molar-refractivity contribution < 1.29 is 4.74 Å². The molecule has 1 aromatic rings. The Morgan fingerprint density at radius 2 is 2.46 bits per heavy atom. The SMILES string of the molecule is Cc1ccc(C2CNCCO2)cn1. The van der Waals surface area contributed by atoms with Crippen molar-refractivity contribution in [2.24, 2.45) is 0 Å². The molecule has 1 N–H and O–H groups in total. The fourth-order valence-corrected chi connectivity index (χ4v) is 1.45. The van der Waals surface area contributed by atoms with Gasteiger partial charge in [0.15, 0.2) is 0 Å². The summed E-state index contributed by atoms with van der Waals surface area (Å²) in [5, 5.41) is 3.30. The van der Waals surface area contributed by atoms with Crippen molar-refractivity contribution in [2.45, 2.75) is 13.0 Å². The first-order chi connectivity index (χ1) is 6.36. The van der Waals surface area contributed by atoms with Gasteiger partial charge in [-0.05, 0) is 13.0 Å². The van der Waals surface area contributed by atoms with E-state index in [9.17, 15) is 0 Å². The van der Waals surface area contributed by atoms with Gasteiger partial charge in [0.1, 0.15) is 0 Å². The van der Waals surface area contributed by atoms with Crippen LogP contribution < -0.4 is 5.32 Å². The van der Waals surface area contributed by atoms with E-state index in [1.807, 2.05) is 19.2 Å². The van der Waals surface area contributed by atoms with Crippen molar-refractivity contribution in [3.63, 3.8) is 0 Å². The predicted octanol–water partition coefficient (Wildman–Crippen LogP) is 1.05. The van der Waals surface area contributed by atoms with E-state index >= 15 is 0 Å². The second-order valence-corrected chi connectivity index (χ2v) is 3.30. The van der Waals surface area contributed by atoms with Gasteiger partial charge in [0.2, 0.25) is 0 Å². The summed E-state index contributed by atoms with van der Waals surface area (Å²) in [5.41, 5.74) is 2.21. The summed E-state index contributed by atoms with van der Waals surface area (Å²) in [7, 11) is 0. The summed E-state index contributed by atoms with van der Waals surface area (Å²) in [6.07, 6.45) is 2.08. The maximum Gasteiger partial charge on any atom is 0.0964 e. The normalized spacial score (nSPS) is 23.0. The van der Waals surface area contributed by atoms with Gasteiger partial charge in [0.05, 0.1) is 12.7 Å². The quantitative estimate of drug-likeness (QED) is 0.698. The highest BCUT2D eigenvalue weighted by Crippen LogP contribution is 2.17. The summed E-state index contributed by atoms with van der Waals surface area (Å²) in [6.45, 7) is 4.63. The molecule has 1 saturated heterocycles. The first-order valence-corrected chi connectivity index (χ1v) is 4.61. The topological polar surface area (TPSA) is 34.1 Å². The third kappa shape index (κ3) is 2.05. The Hall–Kier alpha value is -0.930. The van der Waals surface area contributed by atoms with Crippen LogP contribution in [0.15, 0.2) is 18.3 Å². The average molecular weight is 178 g/mol. The lowest BCUT2D eigenvalue weighted by Gasteiger charge is -2.23. The molecule has 1 unspecified atom stereocenters. The van der Waals surface area contributed by atoms with Crippen LogP contribution in [0, 0.1) is 6.92 Å². The van der Waals surface area contributed by atoms with E-state index in [2.05, 4.69) is 16.4 Å². The zero-order valence-electron chi connectivity index (χ0n) is 7.79. The summed E-state index contributed by atoms with van der Waals surface area (Å²) in [4.78, 5) is 4.25. The van der Waals surface area contributed by atoms with Crippen LogP contribution in [0.3, 0.4) is 0 Å². The van der Waals surface area contributed by atoms with Crippen LogP contribution in [0.25, 0.3) is 0 Å².